The third-order valence-electron chi connectivity index (χ3n) is 5.82. The van der Waals surface area contributed by atoms with Crippen LogP contribution in [0.1, 0.15) is 38.2 Å². The molecular weight excluding hydrogens is 295 g/mol. The smallest absolute Gasteiger partial charge is 0.137 e. The van der Waals surface area contributed by atoms with E-state index in [0.717, 1.165) is 23.5 Å². The first kappa shape index (κ1) is 15.1. The van der Waals surface area contributed by atoms with Crippen molar-refractivity contribution in [3.8, 4) is 5.75 Å². The molecule has 5 heteroatoms. The molecule has 1 atom stereocenters. The molecule has 1 aromatic rings. The molecular formula is C18H25FN2O2. The maximum atomic E-state index is 14.2. The average Bonchev–Trinajstić information content (AvgIpc) is 3.32. The highest BCUT2D eigenvalue weighted by Gasteiger charge is 2.47. The van der Waals surface area contributed by atoms with E-state index < -0.39 is 12.3 Å². The van der Waals surface area contributed by atoms with Crippen LogP contribution >= 0.6 is 0 Å². The van der Waals surface area contributed by atoms with Gasteiger partial charge >= 0.3 is 0 Å². The summed E-state index contributed by atoms with van der Waals surface area (Å²) in [5, 5.41) is 9.17. The van der Waals surface area contributed by atoms with Crippen molar-refractivity contribution in [3.05, 3.63) is 17.7 Å². The summed E-state index contributed by atoms with van der Waals surface area (Å²) in [6.45, 7) is 2.93. The molecule has 1 saturated heterocycles. The molecule has 1 saturated carbocycles. The first-order valence-corrected chi connectivity index (χ1v) is 8.59. The third-order valence-corrected chi connectivity index (χ3v) is 5.82. The molecule has 1 aliphatic carbocycles. The Balaban J connectivity index is 1.56. The van der Waals surface area contributed by atoms with Gasteiger partial charge in [-0.15, -0.1) is 0 Å². The van der Waals surface area contributed by atoms with Crippen molar-refractivity contribution in [1.29, 1.82) is 0 Å². The number of aliphatic hydroxyl groups excluding tert-OH is 1. The van der Waals surface area contributed by atoms with Gasteiger partial charge in [0.15, 0.2) is 0 Å². The zero-order valence-corrected chi connectivity index (χ0v) is 13.6. The Kier molecular flexibility index (Phi) is 3.28. The zero-order chi connectivity index (χ0) is 16.2. The van der Waals surface area contributed by atoms with Gasteiger partial charge in [0, 0.05) is 44.0 Å². The van der Waals surface area contributed by atoms with Crippen molar-refractivity contribution in [2.75, 3.05) is 30.3 Å². The first-order valence-electron chi connectivity index (χ1n) is 8.59. The first-order chi connectivity index (χ1) is 10.9. The molecule has 23 heavy (non-hydrogen) atoms. The summed E-state index contributed by atoms with van der Waals surface area (Å²) in [7, 11) is 0. The predicted molar refractivity (Wildman–Crippen MR) is 88.7 cm³/mol. The highest BCUT2D eigenvalue weighted by Crippen LogP contribution is 2.50. The Morgan fingerprint density at radius 3 is 2.65 bits per heavy atom. The Labute approximate surface area is 136 Å². The number of nitrogens with zero attached hydrogens (tertiary/aromatic N) is 1. The second-order valence-corrected chi connectivity index (χ2v) is 7.68. The van der Waals surface area contributed by atoms with Gasteiger partial charge in [0.05, 0.1) is 18.0 Å². The van der Waals surface area contributed by atoms with Crippen LogP contribution in [0, 0.1) is 5.92 Å². The van der Waals surface area contributed by atoms with Gasteiger partial charge in [0.25, 0.3) is 0 Å². The number of halogens is 1. The molecule has 0 bridgehead atoms. The fraction of sp³-hybridized carbons (Fsp3) is 0.667. The molecule has 4 rings (SSSR count). The number of hydrogen-bond donors (Lipinski definition) is 2. The van der Waals surface area contributed by atoms with Gasteiger partial charge in [-0.25, -0.2) is 4.39 Å². The highest BCUT2D eigenvalue weighted by molar-refractivity contribution is 5.72. The van der Waals surface area contributed by atoms with E-state index in [9.17, 15) is 4.39 Å². The van der Waals surface area contributed by atoms with E-state index in [0.29, 0.717) is 31.8 Å². The van der Waals surface area contributed by atoms with Gasteiger partial charge in [-0.1, -0.05) is 0 Å². The molecule has 4 nitrogen and oxygen atoms in total. The summed E-state index contributed by atoms with van der Waals surface area (Å²) in [5.74, 6) is 1.59. The van der Waals surface area contributed by atoms with Crippen molar-refractivity contribution in [1.82, 2.24) is 0 Å². The average molecular weight is 320 g/mol. The Morgan fingerprint density at radius 1 is 1.35 bits per heavy atom. The topological polar surface area (TPSA) is 58.7 Å². The SMILES string of the molecule is CC1(C2CC2)Cc2cc(N)c(N3CCC(F)(CO)CC3)cc2O1. The lowest BCUT2D eigenvalue weighted by molar-refractivity contribution is 0.0481. The van der Waals surface area contributed by atoms with Gasteiger partial charge in [-0.3, -0.25) is 0 Å². The molecule has 2 fully saturated rings. The number of hydrogen-bond acceptors (Lipinski definition) is 4. The standard InChI is InChI=1S/C18H25FN2O2/c1-17(13-2-3-13)10-12-8-14(20)15(9-16(12)23-17)21-6-4-18(19,11-22)5-7-21/h8-9,13,22H,2-7,10-11,20H2,1H3. The molecule has 1 unspecified atom stereocenters. The van der Waals surface area contributed by atoms with Crippen LogP contribution in [0.5, 0.6) is 5.75 Å². The van der Waals surface area contributed by atoms with Crippen molar-refractivity contribution in [3.63, 3.8) is 0 Å². The Hall–Kier alpha value is -1.49. The van der Waals surface area contributed by atoms with Crippen molar-refractivity contribution in [2.24, 2.45) is 5.92 Å². The number of fused-ring (bicyclic) bond motifs is 1. The van der Waals surface area contributed by atoms with E-state index in [1.165, 1.54) is 18.4 Å². The minimum atomic E-state index is -1.44. The summed E-state index contributed by atoms with van der Waals surface area (Å²) in [6.07, 6.45) is 4.09. The lowest BCUT2D eigenvalue weighted by atomic mass is 9.92. The van der Waals surface area contributed by atoms with Crippen molar-refractivity contribution in [2.45, 2.75) is 50.3 Å². The minimum absolute atomic E-state index is 0.0831. The fourth-order valence-corrected chi connectivity index (χ4v) is 4.03. The van der Waals surface area contributed by atoms with E-state index in [2.05, 4.69) is 11.8 Å². The van der Waals surface area contributed by atoms with Crippen LogP contribution in [0.15, 0.2) is 12.1 Å². The lowest BCUT2D eigenvalue weighted by Gasteiger charge is -2.37. The molecule has 0 amide bonds. The van der Waals surface area contributed by atoms with Crippen molar-refractivity contribution >= 4 is 11.4 Å². The van der Waals surface area contributed by atoms with Crippen LogP contribution in [0.2, 0.25) is 0 Å². The molecule has 0 radical (unpaired) electrons. The maximum absolute atomic E-state index is 14.2. The van der Waals surface area contributed by atoms with Gasteiger partial charge in [-0.2, -0.15) is 0 Å². The number of benzene rings is 1. The summed E-state index contributed by atoms with van der Waals surface area (Å²) in [4.78, 5) is 2.11. The van der Waals surface area contributed by atoms with E-state index in [4.69, 9.17) is 15.6 Å². The van der Waals surface area contributed by atoms with E-state index in [-0.39, 0.29) is 5.60 Å². The number of piperidine rings is 1. The fourth-order valence-electron chi connectivity index (χ4n) is 4.03. The highest BCUT2D eigenvalue weighted by atomic mass is 19.1. The molecule has 0 aromatic heterocycles. The summed E-state index contributed by atoms with van der Waals surface area (Å²) >= 11 is 0. The van der Waals surface area contributed by atoms with Gasteiger partial charge in [0.2, 0.25) is 0 Å². The van der Waals surface area contributed by atoms with Crippen LogP contribution < -0.4 is 15.4 Å². The number of nitrogens with two attached hydrogens (primary N) is 1. The van der Waals surface area contributed by atoms with Gasteiger partial charge in [0.1, 0.15) is 17.0 Å². The maximum Gasteiger partial charge on any atom is 0.137 e. The molecule has 3 N–H and O–H groups in total. The summed E-state index contributed by atoms with van der Waals surface area (Å²) in [5.41, 5.74) is 7.60. The number of alkyl halides is 1. The molecule has 1 aromatic carbocycles. The van der Waals surface area contributed by atoms with Gasteiger partial charge in [-0.05, 0) is 31.7 Å². The summed E-state index contributed by atoms with van der Waals surface area (Å²) < 4.78 is 20.4. The number of rotatable bonds is 3. The molecule has 3 aliphatic rings. The van der Waals surface area contributed by atoms with Crippen LogP contribution in [-0.4, -0.2) is 36.1 Å². The number of ether oxygens (including phenoxy) is 1. The van der Waals surface area contributed by atoms with Crippen molar-refractivity contribution < 1.29 is 14.2 Å². The molecule has 2 aliphatic heterocycles. The van der Waals surface area contributed by atoms with Crippen LogP contribution in [-0.2, 0) is 6.42 Å². The lowest BCUT2D eigenvalue weighted by Crippen LogP contribution is -2.44. The zero-order valence-electron chi connectivity index (χ0n) is 13.6. The van der Waals surface area contributed by atoms with Gasteiger partial charge < -0.3 is 20.5 Å². The quantitative estimate of drug-likeness (QED) is 0.841. The van der Waals surface area contributed by atoms with Crippen LogP contribution in [0.3, 0.4) is 0 Å². The number of aliphatic hydroxyl groups is 1. The predicted octanol–water partition coefficient (Wildman–Crippen LogP) is 2.67. The third kappa shape index (κ3) is 2.55. The molecule has 2 heterocycles. The van der Waals surface area contributed by atoms with E-state index in [1.54, 1.807) is 0 Å². The largest absolute Gasteiger partial charge is 0.487 e. The van der Waals surface area contributed by atoms with Crippen LogP contribution in [0.4, 0.5) is 15.8 Å². The molecule has 0 spiro atoms. The second-order valence-electron chi connectivity index (χ2n) is 7.68. The normalized spacial score (nSPS) is 29.3. The Bertz CT molecular complexity index is 624. The Morgan fingerprint density at radius 2 is 2.04 bits per heavy atom. The van der Waals surface area contributed by atoms with E-state index >= 15 is 0 Å². The monoisotopic (exact) mass is 320 g/mol. The van der Waals surface area contributed by atoms with Crippen LogP contribution in [0.25, 0.3) is 0 Å². The summed E-state index contributed by atoms with van der Waals surface area (Å²) in [6, 6.07) is 4.06. The second kappa shape index (κ2) is 5.00. The van der Waals surface area contributed by atoms with E-state index in [1.807, 2.05) is 12.1 Å². The molecule has 126 valence electrons. The number of anilines is 2. The number of nitrogen functional groups attached to an aromatic ring is 1. The minimum Gasteiger partial charge on any atom is -0.487 e.